The van der Waals surface area contributed by atoms with Crippen molar-refractivity contribution in [2.45, 2.75) is 25.9 Å². The second-order valence-corrected chi connectivity index (χ2v) is 9.52. The number of hydrogen-bond acceptors (Lipinski definition) is 5. The molecule has 0 bridgehead atoms. The SMILES string of the molecule is CCn1c(-c2ccc(-n3ccnc3)cc2)cnc1C(Cc1ccccn1)N(C=O)c1cc2cc(Cl)ccc2o1. The van der Waals surface area contributed by atoms with Crippen LogP contribution in [0.1, 0.15) is 24.5 Å². The first-order valence-corrected chi connectivity index (χ1v) is 13.0. The number of amides is 1. The molecule has 0 spiro atoms. The van der Waals surface area contributed by atoms with Crippen LogP contribution < -0.4 is 4.90 Å². The molecule has 0 saturated heterocycles. The van der Waals surface area contributed by atoms with Crippen molar-refractivity contribution < 1.29 is 9.21 Å². The van der Waals surface area contributed by atoms with Crippen molar-refractivity contribution >= 4 is 34.9 Å². The summed E-state index contributed by atoms with van der Waals surface area (Å²) >= 11 is 6.20. The van der Waals surface area contributed by atoms with E-state index in [9.17, 15) is 4.79 Å². The lowest BCUT2D eigenvalue weighted by atomic mass is 10.1. The van der Waals surface area contributed by atoms with Crippen LogP contribution in [0.3, 0.4) is 0 Å². The van der Waals surface area contributed by atoms with Gasteiger partial charge in [0.25, 0.3) is 0 Å². The third-order valence-corrected chi connectivity index (χ3v) is 7.00. The number of anilines is 1. The predicted molar refractivity (Wildman–Crippen MR) is 151 cm³/mol. The fraction of sp³-hybridized carbons (Fsp3) is 0.133. The minimum absolute atomic E-state index is 0.417. The molecular formula is C30H25ClN6O2. The molecule has 39 heavy (non-hydrogen) atoms. The van der Waals surface area contributed by atoms with Gasteiger partial charge >= 0.3 is 0 Å². The van der Waals surface area contributed by atoms with Gasteiger partial charge in [-0.05, 0) is 55.0 Å². The van der Waals surface area contributed by atoms with Crippen molar-refractivity contribution in [2.75, 3.05) is 4.90 Å². The van der Waals surface area contributed by atoms with Gasteiger partial charge < -0.3 is 13.6 Å². The van der Waals surface area contributed by atoms with Crippen molar-refractivity contribution in [3.63, 3.8) is 0 Å². The number of carbonyl (C=O) groups excluding carboxylic acids is 1. The monoisotopic (exact) mass is 536 g/mol. The molecule has 194 valence electrons. The topological polar surface area (TPSA) is 82.0 Å². The Bertz CT molecular complexity index is 1710. The molecule has 1 amide bonds. The molecule has 0 aliphatic rings. The number of aromatic nitrogens is 5. The molecule has 2 aromatic carbocycles. The van der Waals surface area contributed by atoms with Crippen LogP contribution in [-0.4, -0.2) is 30.5 Å². The standard InChI is InChI=1S/C30H25ClN6O2/c1-2-36-27(21-6-9-25(10-7-21)35-14-13-32-19-35)18-34-30(36)26(17-24-5-3-4-12-33-24)37(20-38)29-16-22-15-23(31)8-11-28(22)39-29/h3-16,18-20,26H,2,17H2,1H3. The highest BCUT2D eigenvalue weighted by Crippen LogP contribution is 2.35. The molecule has 0 saturated carbocycles. The van der Waals surface area contributed by atoms with Gasteiger partial charge in [0, 0.05) is 59.4 Å². The van der Waals surface area contributed by atoms with E-state index in [1.807, 2.05) is 59.4 Å². The molecule has 9 heteroatoms. The Labute approximate surface area is 230 Å². The molecule has 0 fully saturated rings. The van der Waals surface area contributed by atoms with E-state index < -0.39 is 6.04 Å². The zero-order valence-electron chi connectivity index (χ0n) is 21.2. The van der Waals surface area contributed by atoms with Crippen molar-refractivity contribution in [2.24, 2.45) is 0 Å². The number of pyridine rings is 1. The van der Waals surface area contributed by atoms with Gasteiger partial charge in [0.15, 0.2) is 0 Å². The number of fused-ring (bicyclic) bond motifs is 1. The van der Waals surface area contributed by atoms with E-state index in [4.69, 9.17) is 21.0 Å². The highest BCUT2D eigenvalue weighted by atomic mass is 35.5. The van der Waals surface area contributed by atoms with E-state index in [0.717, 1.165) is 40.3 Å². The van der Waals surface area contributed by atoms with Crippen molar-refractivity contribution in [3.05, 3.63) is 114 Å². The highest BCUT2D eigenvalue weighted by Gasteiger charge is 2.29. The van der Waals surface area contributed by atoms with Crippen LogP contribution in [0.4, 0.5) is 5.88 Å². The zero-order valence-corrected chi connectivity index (χ0v) is 21.9. The molecule has 6 aromatic rings. The van der Waals surface area contributed by atoms with Gasteiger partial charge in [0.1, 0.15) is 17.4 Å². The van der Waals surface area contributed by atoms with Gasteiger partial charge in [-0.2, -0.15) is 0 Å². The lowest BCUT2D eigenvalue weighted by Crippen LogP contribution is -2.31. The van der Waals surface area contributed by atoms with E-state index in [0.29, 0.717) is 29.5 Å². The zero-order chi connectivity index (χ0) is 26.8. The van der Waals surface area contributed by atoms with Crippen LogP contribution in [0.25, 0.3) is 27.9 Å². The lowest BCUT2D eigenvalue weighted by Gasteiger charge is -2.26. The number of imidazole rings is 2. The Morgan fingerprint density at radius 2 is 1.92 bits per heavy atom. The smallest absolute Gasteiger partial charge is 0.217 e. The number of halogens is 1. The van der Waals surface area contributed by atoms with Crippen LogP contribution in [0.2, 0.25) is 5.02 Å². The summed E-state index contributed by atoms with van der Waals surface area (Å²) < 4.78 is 10.2. The van der Waals surface area contributed by atoms with Crippen LogP contribution >= 0.6 is 11.6 Å². The third-order valence-electron chi connectivity index (χ3n) is 6.76. The molecule has 0 N–H and O–H groups in total. The maximum atomic E-state index is 12.7. The molecule has 1 unspecified atom stereocenters. The second kappa shape index (κ2) is 10.6. The number of benzene rings is 2. The Morgan fingerprint density at radius 1 is 1.05 bits per heavy atom. The summed E-state index contributed by atoms with van der Waals surface area (Å²) in [6.45, 7) is 2.73. The fourth-order valence-electron chi connectivity index (χ4n) is 4.87. The van der Waals surface area contributed by atoms with Gasteiger partial charge in [-0.3, -0.25) is 14.7 Å². The molecule has 6 rings (SSSR count). The van der Waals surface area contributed by atoms with Gasteiger partial charge in [-0.15, -0.1) is 0 Å². The molecule has 4 aromatic heterocycles. The number of carbonyl (C=O) groups is 1. The van der Waals surface area contributed by atoms with E-state index >= 15 is 0 Å². The van der Waals surface area contributed by atoms with Crippen LogP contribution in [-0.2, 0) is 17.8 Å². The number of nitrogens with zero attached hydrogens (tertiary/aromatic N) is 6. The van der Waals surface area contributed by atoms with Gasteiger partial charge in [0.2, 0.25) is 12.3 Å². The summed E-state index contributed by atoms with van der Waals surface area (Å²) in [5, 5.41) is 1.42. The summed E-state index contributed by atoms with van der Waals surface area (Å²) in [7, 11) is 0. The average molecular weight is 537 g/mol. The van der Waals surface area contributed by atoms with Crippen LogP contribution in [0.5, 0.6) is 0 Å². The molecule has 0 aliphatic carbocycles. The molecule has 4 heterocycles. The summed E-state index contributed by atoms with van der Waals surface area (Å²) in [5.41, 5.74) is 4.48. The molecule has 0 aliphatic heterocycles. The van der Waals surface area contributed by atoms with E-state index in [-0.39, 0.29) is 0 Å². The summed E-state index contributed by atoms with van der Waals surface area (Å²) in [6, 6.07) is 20.7. The first kappa shape index (κ1) is 24.6. The maximum Gasteiger partial charge on any atom is 0.217 e. The maximum absolute atomic E-state index is 12.7. The Kier molecular flexibility index (Phi) is 6.69. The molecule has 1 atom stereocenters. The first-order chi connectivity index (χ1) is 19.1. The summed E-state index contributed by atoms with van der Waals surface area (Å²) in [5.74, 6) is 1.16. The summed E-state index contributed by atoms with van der Waals surface area (Å²) in [6.07, 6.45) is 10.3. The van der Waals surface area contributed by atoms with Gasteiger partial charge in [0.05, 0.1) is 18.2 Å². The normalized spacial score (nSPS) is 12.1. The highest BCUT2D eigenvalue weighted by molar-refractivity contribution is 6.31. The quantitative estimate of drug-likeness (QED) is 0.197. The largest absolute Gasteiger partial charge is 0.440 e. The van der Waals surface area contributed by atoms with Crippen molar-refractivity contribution in [1.82, 2.24) is 24.1 Å². The molecule has 8 nitrogen and oxygen atoms in total. The number of rotatable bonds is 9. The predicted octanol–water partition coefficient (Wildman–Crippen LogP) is 6.50. The van der Waals surface area contributed by atoms with E-state index in [1.54, 1.807) is 35.8 Å². The van der Waals surface area contributed by atoms with Crippen LogP contribution in [0.15, 0.2) is 102 Å². The Morgan fingerprint density at radius 3 is 2.64 bits per heavy atom. The summed E-state index contributed by atoms with van der Waals surface area (Å²) in [4.78, 5) is 27.7. The first-order valence-electron chi connectivity index (χ1n) is 12.6. The number of hydrogen-bond donors (Lipinski definition) is 0. The van der Waals surface area contributed by atoms with Crippen LogP contribution in [0, 0.1) is 0 Å². The van der Waals surface area contributed by atoms with Crippen molar-refractivity contribution in [3.8, 4) is 16.9 Å². The average Bonchev–Trinajstić information content (AvgIpc) is 3.73. The Balaban J connectivity index is 1.42. The van der Waals surface area contributed by atoms with Gasteiger partial charge in [-0.25, -0.2) is 9.97 Å². The third kappa shape index (κ3) is 4.82. The second-order valence-electron chi connectivity index (χ2n) is 9.08. The number of furan rings is 1. The molecular weight excluding hydrogens is 512 g/mol. The minimum Gasteiger partial charge on any atom is -0.440 e. The van der Waals surface area contributed by atoms with Crippen molar-refractivity contribution in [1.29, 1.82) is 0 Å². The van der Waals surface area contributed by atoms with E-state index in [2.05, 4.69) is 33.6 Å². The molecule has 0 radical (unpaired) electrons. The minimum atomic E-state index is -0.465. The fourth-order valence-corrected chi connectivity index (χ4v) is 5.05. The van der Waals surface area contributed by atoms with E-state index in [1.165, 1.54) is 0 Å². The van der Waals surface area contributed by atoms with Gasteiger partial charge in [-0.1, -0.05) is 29.8 Å². The lowest BCUT2D eigenvalue weighted by molar-refractivity contribution is -0.108. The Hall–Kier alpha value is -4.69.